The Kier molecular flexibility index (Phi) is 4.47. The van der Waals surface area contributed by atoms with Crippen LogP contribution in [0, 0.1) is 0 Å². The van der Waals surface area contributed by atoms with Gasteiger partial charge in [0.1, 0.15) is 11.3 Å². The molecule has 0 aliphatic carbocycles. The molecule has 0 radical (unpaired) electrons. The van der Waals surface area contributed by atoms with Gasteiger partial charge < -0.3 is 19.8 Å². The molecule has 4 rings (SSSR count). The van der Waals surface area contributed by atoms with E-state index in [0.717, 1.165) is 30.6 Å². The van der Waals surface area contributed by atoms with Crippen molar-refractivity contribution in [2.24, 2.45) is 0 Å². The van der Waals surface area contributed by atoms with Crippen LogP contribution in [-0.4, -0.2) is 39.8 Å². The van der Waals surface area contributed by atoms with Crippen LogP contribution in [0.3, 0.4) is 0 Å². The van der Waals surface area contributed by atoms with Crippen LogP contribution in [0.4, 0.5) is 5.82 Å². The normalized spacial score (nSPS) is 15.0. The largest absolute Gasteiger partial charge is 0.494 e. The fourth-order valence-electron chi connectivity index (χ4n) is 3.05. The first-order valence-electron chi connectivity index (χ1n) is 8.77. The number of rotatable bonds is 1. The second-order valence-corrected chi connectivity index (χ2v) is 6.22. The van der Waals surface area contributed by atoms with Crippen LogP contribution in [0.5, 0.6) is 11.8 Å². The van der Waals surface area contributed by atoms with E-state index in [1.807, 2.05) is 24.3 Å². The third kappa shape index (κ3) is 3.22. The van der Waals surface area contributed by atoms with Gasteiger partial charge in [-0.15, -0.1) is 0 Å². The quantitative estimate of drug-likeness (QED) is 0.695. The molecule has 4 bridgehead atoms. The summed E-state index contributed by atoms with van der Waals surface area (Å²) in [6.07, 6.45) is 2.84. The van der Waals surface area contributed by atoms with Crippen molar-refractivity contribution in [3.05, 3.63) is 40.3 Å². The number of aromatic nitrogens is 4. The Labute approximate surface area is 150 Å². The second kappa shape index (κ2) is 7.07. The van der Waals surface area contributed by atoms with Gasteiger partial charge in [-0.25, -0.2) is 4.79 Å². The van der Waals surface area contributed by atoms with Gasteiger partial charge in [0.15, 0.2) is 11.5 Å². The van der Waals surface area contributed by atoms with E-state index in [0.29, 0.717) is 36.7 Å². The smallest absolute Gasteiger partial charge is 0.328 e. The van der Waals surface area contributed by atoms with Gasteiger partial charge in [0.25, 0.3) is 0 Å². The standard InChI is InChI=1S/C18H21N5O3/c1-19-15-14-16-22-17(21-15)26-9-4-2-3-8-25-13-7-5-6-12(10-13)11-23(16)18(24)20-14/h5-7,10H,2-4,8-9,11H2,1H3,(H,20,24)(H,19,21,22). The van der Waals surface area contributed by atoms with Crippen LogP contribution in [0.25, 0.3) is 11.2 Å². The lowest BCUT2D eigenvalue weighted by Crippen LogP contribution is -2.17. The van der Waals surface area contributed by atoms with Crippen molar-refractivity contribution in [1.29, 1.82) is 0 Å². The molecule has 3 heterocycles. The van der Waals surface area contributed by atoms with Crippen LogP contribution in [0.15, 0.2) is 29.1 Å². The number of fused-ring (bicyclic) bond motifs is 3. The van der Waals surface area contributed by atoms with Gasteiger partial charge in [-0.3, -0.25) is 4.57 Å². The summed E-state index contributed by atoms with van der Waals surface area (Å²) in [4.78, 5) is 24.2. The van der Waals surface area contributed by atoms with Crippen molar-refractivity contribution in [3.8, 4) is 11.8 Å². The number of benzene rings is 1. The molecule has 8 nitrogen and oxygen atoms in total. The fraction of sp³-hybridized carbons (Fsp3) is 0.389. The highest BCUT2D eigenvalue weighted by atomic mass is 16.5. The first-order valence-corrected chi connectivity index (χ1v) is 8.77. The third-order valence-corrected chi connectivity index (χ3v) is 4.37. The molecule has 2 N–H and O–H groups in total. The summed E-state index contributed by atoms with van der Waals surface area (Å²) in [7, 11) is 1.75. The van der Waals surface area contributed by atoms with Crippen LogP contribution >= 0.6 is 0 Å². The van der Waals surface area contributed by atoms with Crippen LogP contribution in [0.1, 0.15) is 24.8 Å². The van der Waals surface area contributed by atoms with E-state index in [-0.39, 0.29) is 11.7 Å². The van der Waals surface area contributed by atoms with Gasteiger partial charge in [-0.05, 0) is 37.0 Å². The Balaban J connectivity index is 1.83. The van der Waals surface area contributed by atoms with Gasteiger partial charge in [-0.1, -0.05) is 12.1 Å². The van der Waals surface area contributed by atoms with E-state index >= 15 is 0 Å². The summed E-state index contributed by atoms with van der Waals surface area (Å²) in [6.45, 7) is 1.57. The highest BCUT2D eigenvalue weighted by Crippen LogP contribution is 2.22. The number of hydrogen-bond donors (Lipinski definition) is 2. The number of hydrogen-bond acceptors (Lipinski definition) is 6. The lowest BCUT2D eigenvalue weighted by molar-refractivity contribution is 0.267. The highest BCUT2D eigenvalue weighted by molar-refractivity contribution is 5.83. The molecule has 8 heteroatoms. The maximum atomic E-state index is 12.5. The minimum absolute atomic E-state index is 0.237. The highest BCUT2D eigenvalue weighted by Gasteiger charge is 2.16. The minimum Gasteiger partial charge on any atom is -0.494 e. The molecule has 1 aliphatic rings. The summed E-state index contributed by atoms with van der Waals surface area (Å²) in [5.41, 5.74) is 1.82. The zero-order valence-electron chi connectivity index (χ0n) is 14.6. The first kappa shape index (κ1) is 16.4. The van der Waals surface area contributed by atoms with Gasteiger partial charge in [0, 0.05) is 7.05 Å². The van der Waals surface area contributed by atoms with Crippen molar-refractivity contribution >= 4 is 17.0 Å². The molecule has 0 amide bonds. The predicted molar refractivity (Wildman–Crippen MR) is 98.1 cm³/mol. The summed E-state index contributed by atoms with van der Waals surface area (Å²) in [6, 6.07) is 8.07. The molecule has 136 valence electrons. The molecule has 0 fully saturated rings. The number of imidazole rings is 1. The monoisotopic (exact) mass is 355 g/mol. The predicted octanol–water partition coefficient (Wildman–Crippen LogP) is 2.15. The van der Waals surface area contributed by atoms with E-state index in [4.69, 9.17) is 9.47 Å². The first-order chi connectivity index (χ1) is 12.7. The minimum atomic E-state index is -0.237. The molecule has 2 aromatic heterocycles. The molecule has 26 heavy (non-hydrogen) atoms. The molecule has 0 spiro atoms. The maximum Gasteiger partial charge on any atom is 0.328 e. The Bertz CT molecular complexity index is 979. The SMILES string of the molecule is CNc1nc2nc3c1[nH]c(=O)n3Cc1cccc(c1)OCCCCCO2. The molecule has 0 unspecified atom stereocenters. The number of nitrogens with zero attached hydrogens (tertiary/aromatic N) is 3. The molecule has 0 saturated carbocycles. The van der Waals surface area contributed by atoms with E-state index in [2.05, 4.69) is 20.3 Å². The molecule has 1 aromatic carbocycles. The molecule has 1 aliphatic heterocycles. The second-order valence-electron chi connectivity index (χ2n) is 6.22. The Morgan fingerprint density at radius 1 is 1.15 bits per heavy atom. The molecular formula is C18H21N5O3. The topological polar surface area (TPSA) is 94.1 Å². The number of nitrogens with one attached hydrogen (secondary N) is 2. The fourth-order valence-corrected chi connectivity index (χ4v) is 3.05. The lowest BCUT2D eigenvalue weighted by atomic mass is 10.2. The van der Waals surface area contributed by atoms with Gasteiger partial charge in [-0.2, -0.15) is 9.97 Å². The maximum absolute atomic E-state index is 12.5. The van der Waals surface area contributed by atoms with Crippen molar-refractivity contribution in [3.63, 3.8) is 0 Å². The van der Waals surface area contributed by atoms with Crippen molar-refractivity contribution in [2.45, 2.75) is 25.8 Å². The van der Waals surface area contributed by atoms with Gasteiger partial charge in [0.2, 0.25) is 0 Å². The molecular weight excluding hydrogens is 334 g/mol. The van der Waals surface area contributed by atoms with Gasteiger partial charge >= 0.3 is 11.7 Å². The molecule has 0 saturated heterocycles. The van der Waals surface area contributed by atoms with E-state index in [9.17, 15) is 4.79 Å². The van der Waals surface area contributed by atoms with Crippen LogP contribution in [0.2, 0.25) is 0 Å². The van der Waals surface area contributed by atoms with E-state index < -0.39 is 0 Å². The summed E-state index contributed by atoms with van der Waals surface area (Å²) >= 11 is 0. The zero-order chi connectivity index (χ0) is 17.9. The number of aromatic amines is 1. The number of H-pyrrole nitrogens is 1. The zero-order valence-corrected chi connectivity index (χ0v) is 14.6. The van der Waals surface area contributed by atoms with Crippen LogP contribution in [-0.2, 0) is 6.54 Å². The van der Waals surface area contributed by atoms with Crippen molar-refractivity contribution in [2.75, 3.05) is 25.6 Å². The summed E-state index contributed by atoms with van der Waals surface area (Å²) in [5, 5.41) is 3.00. The van der Waals surface area contributed by atoms with Crippen LogP contribution < -0.4 is 20.5 Å². The van der Waals surface area contributed by atoms with E-state index in [1.165, 1.54) is 0 Å². The van der Waals surface area contributed by atoms with Gasteiger partial charge in [0.05, 0.1) is 19.8 Å². The Hall–Kier alpha value is -3.03. The Morgan fingerprint density at radius 2 is 2.00 bits per heavy atom. The van der Waals surface area contributed by atoms with E-state index in [1.54, 1.807) is 11.6 Å². The average Bonchev–Trinajstić information content (AvgIpc) is 2.95. The molecule has 0 atom stereocenters. The Morgan fingerprint density at radius 3 is 2.85 bits per heavy atom. The van der Waals surface area contributed by atoms with Crippen molar-refractivity contribution < 1.29 is 9.47 Å². The number of ether oxygens (including phenoxy) is 2. The van der Waals surface area contributed by atoms with Crippen molar-refractivity contribution in [1.82, 2.24) is 19.5 Å². The average molecular weight is 355 g/mol. The summed E-state index contributed by atoms with van der Waals surface area (Å²) in [5.74, 6) is 1.36. The third-order valence-electron chi connectivity index (χ3n) is 4.37. The summed E-state index contributed by atoms with van der Waals surface area (Å²) < 4.78 is 13.1. The number of anilines is 1. The lowest BCUT2D eigenvalue weighted by Gasteiger charge is -2.08. The molecule has 3 aromatic rings.